The van der Waals surface area contributed by atoms with Crippen LogP contribution < -0.4 is 0 Å². The predicted octanol–water partition coefficient (Wildman–Crippen LogP) is 2.37. The van der Waals surface area contributed by atoms with Gasteiger partial charge in [-0.3, -0.25) is 4.79 Å². The third kappa shape index (κ3) is 2.45. The maximum Gasteiger partial charge on any atom is 0.410 e. The molecular weight excluding hydrogens is 218 g/mol. The molecule has 0 aromatic heterocycles. The largest absolute Gasteiger partial charge is 0.444 e. The normalized spacial score (nSPS) is 29.1. The smallest absolute Gasteiger partial charge is 0.410 e. The summed E-state index contributed by atoms with van der Waals surface area (Å²) >= 11 is 0. The van der Waals surface area contributed by atoms with Crippen molar-refractivity contribution in [2.75, 3.05) is 13.1 Å². The molecule has 1 saturated heterocycles. The summed E-state index contributed by atoms with van der Waals surface area (Å²) in [6, 6.07) is 0. The molecule has 0 bridgehead atoms. The van der Waals surface area contributed by atoms with Crippen LogP contribution in [0.4, 0.5) is 4.79 Å². The fraction of sp³-hybridized carbons (Fsp3) is 0.846. The second-order valence-corrected chi connectivity index (χ2v) is 6.21. The summed E-state index contributed by atoms with van der Waals surface area (Å²) < 4.78 is 5.34. The quantitative estimate of drug-likeness (QED) is 0.652. The fourth-order valence-electron chi connectivity index (χ4n) is 2.78. The molecule has 2 aliphatic rings. The lowest BCUT2D eigenvalue weighted by Crippen LogP contribution is -2.37. The van der Waals surface area contributed by atoms with Crippen molar-refractivity contribution in [3.05, 3.63) is 0 Å². The van der Waals surface area contributed by atoms with E-state index in [9.17, 15) is 9.59 Å². The van der Waals surface area contributed by atoms with Crippen LogP contribution in [0.15, 0.2) is 0 Å². The second kappa shape index (κ2) is 4.00. The van der Waals surface area contributed by atoms with Crippen LogP contribution in [0.3, 0.4) is 0 Å². The molecule has 2 rings (SSSR count). The zero-order chi connectivity index (χ0) is 12.7. The number of ketones is 1. The van der Waals surface area contributed by atoms with E-state index in [0.29, 0.717) is 25.3 Å². The molecule has 0 N–H and O–H groups in total. The van der Waals surface area contributed by atoms with Crippen LogP contribution in [0, 0.1) is 5.41 Å². The Kier molecular flexibility index (Phi) is 2.92. The van der Waals surface area contributed by atoms with Crippen molar-refractivity contribution >= 4 is 11.9 Å². The van der Waals surface area contributed by atoms with Crippen molar-refractivity contribution in [2.24, 2.45) is 5.41 Å². The third-order valence-electron chi connectivity index (χ3n) is 3.66. The molecule has 0 unspecified atom stereocenters. The molecule has 4 nitrogen and oxygen atoms in total. The molecule has 1 aliphatic carbocycles. The number of nitrogens with zero attached hydrogens (tertiary/aromatic N) is 1. The molecule has 1 amide bonds. The molecule has 17 heavy (non-hydrogen) atoms. The summed E-state index contributed by atoms with van der Waals surface area (Å²) in [6.45, 7) is 6.79. The first-order valence-corrected chi connectivity index (χ1v) is 6.34. The van der Waals surface area contributed by atoms with Crippen molar-refractivity contribution in [1.82, 2.24) is 4.90 Å². The van der Waals surface area contributed by atoms with Crippen molar-refractivity contribution in [2.45, 2.75) is 52.1 Å². The van der Waals surface area contributed by atoms with Crippen molar-refractivity contribution < 1.29 is 14.3 Å². The Balaban J connectivity index is 1.98. The first-order valence-electron chi connectivity index (χ1n) is 6.34. The average Bonchev–Trinajstić information content (AvgIpc) is 2.74. The first kappa shape index (κ1) is 12.4. The SMILES string of the molecule is CC(C)(C)OC(=O)N1CC[C@@]2(CCCC2=O)C1. The number of carbonyl (C=O) groups is 2. The second-order valence-electron chi connectivity index (χ2n) is 6.21. The van der Waals surface area contributed by atoms with E-state index in [-0.39, 0.29) is 11.5 Å². The highest BCUT2D eigenvalue weighted by Crippen LogP contribution is 2.42. The van der Waals surface area contributed by atoms with Gasteiger partial charge in [0.05, 0.1) is 0 Å². The van der Waals surface area contributed by atoms with Gasteiger partial charge in [-0.25, -0.2) is 4.79 Å². The van der Waals surface area contributed by atoms with E-state index in [2.05, 4.69) is 0 Å². The van der Waals surface area contributed by atoms with E-state index in [1.165, 1.54) is 0 Å². The first-order chi connectivity index (χ1) is 7.82. The predicted molar refractivity (Wildman–Crippen MR) is 63.7 cm³/mol. The van der Waals surface area contributed by atoms with Crippen LogP contribution in [0.1, 0.15) is 46.5 Å². The average molecular weight is 239 g/mol. The van der Waals surface area contributed by atoms with E-state index in [0.717, 1.165) is 19.3 Å². The number of Topliss-reactive ketones (excluding diaryl/α,β-unsaturated/α-hetero) is 1. The Morgan fingerprint density at radius 3 is 2.59 bits per heavy atom. The van der Waals surface area contributed by atoms with Crippen LogP contribution in [0.2, 0.25) is 0 Å². The summed E-state index contributed by atoms with van der Waals surface area (Å²) in [5, 5.41) is 0. The lowest BCUT2D eigenvalue weighted by atomic mass is 9.85. The maximum atomic E-state index is 11.9. The van der Waals surface area contributed by atoms with Crippen molar-refractivity contribution in [1.29, 1.82) is 0 Å². The van der Waals surface area contributed by atoms with Gasteiger partial charge >= 0.3 is 6.09 Å². The van der Waals surface area contributed by atoms with Gasteiger partial charge in [0, 0.05) is 24.9 Å². The van der Waals surface area contributed by atoms with Crippen LogP contribution in [0.25, 0.3) is 0 Å². The Morgan fingerprint density at radius 2 is 2.06 bits per heavy atom. The summed E-state index contributed by atoms with van der Waals surface area (Å²) in [4.78, 5) is 25.5. The van der Waals surface area contributed by atoms with Gasteiger partial charge in [0.2, 0.25) is 0 Å². The Morgan fingerprint density at radius 1 is 1.35 bits per heavy atom. The van der Waals surface area contributed by atoms with E-state index >= 15 is 0 Å². The van der Waals surface area contributed by atoms with Gasteiger partial charge in [-0.2, -0.15) is 0 Å². The number of ether oxygens (including phenoxy) is 1. The van der Waals surface area contributed by atoms with E-state index in [4.69, 9.17) is 4.74 Å². The molecular formula is C13H21NO3. The molecule has 0 aromatic carbocycles. The van der Waals surface area contributed by atoms with Crippen LogP contribution >= 0.6 is 0 Å². The summed E-state index contributed by atoms with van der Waals surface area (Å²) in [5.41, 5.74) is -0.705. The molecule has 1 saturated carbocycles. The molecule has 0 aromatic rings. The molecule has 96 valence electrons. The molecule has 1 spiro atoms. The van der Waals surface area contributed by atoms with Gasteiger partial charge in [0.1, 0.15) is 11.4 Å². The molecule has 4 heteroatoms. The number of likely N-dealkylation sites (tertiary alicyclic amines) is 1. The zero-order valence-corrected chi connectivity index (χ0v) is 10.9. The number of hydrogen-bond donors (Lipinski definition) is 0. The van der Waals surface area contributed by atoms with E-state index in [1.807, 2.05) is 20.8 Å². The van der Waals surface area contributed by atoms with Crippen LogP contribution in [-0.2, 0) is 9.53 Å². The van der Waals surface area contributed by atoms with Gasteiger partial charge in [0.25, 0.3) is 0 Å². The standard InChI is InChI=1S/C13H21NO3/c1-12(2,3)17-11(16)14-8-7-13(9-14)6-4-5-10(13)15/h4-9H2,1-3H3/t13-/m0/s1. The lowest BCUT2D eigenvalue weighted by Gasteiger charge is -2.26. The van der Waals surface area contributed by atoms with Crippen molar-refractivity contribution in [3.63, 3.8) is 0 Å². The number of hydrogen-bond acceptors (Lipinski definition) is 3. The van der Waals surface area contributed by atoms with Crippen LogP contribution in [-0.4, -0.2) is 35.5 Å². The Labute approximate surface area is 102 Å². The highest BCUT2D eigenvalue weighted by Gasteiger charge is 2.48. The van der Waals surface area contributed by atoms with Gasteiger partial charge in [-0.15, -0.1) is 0 Å². The van der Waals surface area contributed by atoms with Gasteiger partial charge in [0.15, 0.2) is 0 Å². The minimum Gasteiger partial charge on any atom is -0.444 e. The number of amides is 1. The maximum absolute atomic E-state index is 11.9. The molecule has 2 fully saturated rings. The number of carbonyl (C=O) groups excluding carboxylic acids is 2. The minimum absolute atomic E-state index is 0.239. The van der Waals surface area contributed by atoms with Crippen molar-refractivity contribution in [3.8, 4) is 0 Å². The molecule has 1 atom stereocenters. The topological polar surface area (TPSA) is 46.6 Å². The Hall–Kier alpha value is -1.06. The lowest BCUT2D eigenvalue weighted by molar-refractivity contribution is -0.125. The third-order valence-corrected chi connectivity index (χ3v) is 3.66. The van der Waals surface area contributed by atoms with Gasteiger partial charge in [-0.1, -0.05) is 0 Å². The molecule has 1 heterocycles. The highest BCUT2D eigenvalue weighted by atomic mass is 16.6. The van der Waals surface area contributed by atoms with E-state index < -0.39 is 5.60 Å². The minimum atomic E-state index is -0.466. The zero-order valence-electron chi connectivity index (χ0n) is 10.9. The number of rotatable bonds is 0. The molecule has 0 radical (unpaired) electrons. The monoisotopic (exact) mass is 239 g/mol. The summed E-state index contributed by atoms with van der Waals surface area (Å²) in [5.74, 6) is 0.337. The summed E-state index contributed by atoms with van der Waals surface area (Å²) in [6.07, 6.45) is 3.12. The fourth-order valence-corrected chi connectivity index (χ4v) is 2.78. The van der Waals surface area contributed by atoms with Gasteiger partial charge in [-0.05, 0) is 40.0 Å². The van der Waals surface area contributed by atoms with E-state index in [1.54, 1.807) is 4.90 Å². The molecule has 1 aliphatic heterocycles. The highest BCUT2D eigenvalue weighted by molar-refractivity contribution is 5.88. The van der Waals surface area contributed by atoms with Crippen LogP contribution in [0.5, 0.6) is 0 Å². The van der Waals surface area contributed by atoms with Gasteiger partial charge < -0.3 is 9.64 Å². The summed E-state index contributed by atoms with van der Waals surface area (Å²) in [7, 11) is 0. The Bertz CT molecular complexity index is 345.